The Morgan fingerprint density at radius 3 is 2.90 bits per heavy atom. The van der Waals surface area contributed by atoms with Crippen LogP contribution >= 0.6 is 34.7 Å². The molecule has 0 saturated heterocycles. The first kappa shape index (κ1) is 19.9. The summed E-state index contributed by atoms with van der Waals surface area (Å²) in [6, 6.07) is 10.9. The minimum absolute atomic E-state index is 0.111. The maximum absolute atomic E-state index is 13.0. The molecular formula is C19H18ClN5O2S2. The summed E-state index contributed by atoms with van der Waals surface area (Å²) in [5.41, 5.74) is 1.76. The topological polar surface area (TPSA) is 83.6 Å². The Hall–Kier alpha value is -2.36. The van der Waals surface area contributed by atoms with Gasteiger partial charge < -0.3 is 9.73 Å². The Morgan fingerprint density at radius 2 is 2.17 bits per heavy atom. The average molecular weight is 448 g/mol. The number of amides is 1. The number of hydrogen-bond acceptors (Lipinski definition) is 8. The first-order valence-electron chi connectivity index (χ1n) is 9.03. The molecule has 0 aliphatic carbocycles. The number of benzene rings is 1. The second-order valence-corrected chi connectivity index (χ2v) is 8.86. The number of nitrogens with zero attached hydrogens (tertiary/aromatic N) is 4. The summed E-state index contributed by atoms with van der Waals surface area (Å²) in [6.45, 7) is 2.77. The predicted molar refractivity (Wildman–Crippen MR) is 116 cm³/mol. The van der Waals surface area contributed by atoms with E-state index in [1.165, 1.54) is 28.1 Å². The number of nitrogens with one attached hydrogen (secondary N) is 1. The number of thioether (sulfide) groups is 1. The zero-order valence-electron chi connectivity index (χ0n) is 15.5. The van der Waals surface area contributed by atoms with E-state index >= 15 is 0 Å². The molecule has 0 saturated carbocycles. The van der Waals surface area contributed by atoms with E-state index in [0.717, 1.165) is 27.3 Å². The largest absolute Gasteiger partial charge is 0.467 e. The van der Waals surface area contributed by atoms with Gasteiger partial charge in [-0.15, -0.1) is 10.2 Å². The molecule has 1 aliphatic heterocycles. The summed E-state index contributed by atoms with van der Waals surface area (Å²) in [4.78, 5) is 13.0. The molecule has 1 amide bonds. The van der Waals surface area contributed by atoms with E-state index in [-0.39, 0.29) is 17.7 Å². The summed E-state index contributed by atoms with van der Waals surface area (Å²) in [7, 11) is 0. The second kappa shape index (κ2) is 8.98. The normalized spacial score (nSPS) is 16.1. The molecule has 150 valence electrons. The van der Waals surface area contributed by atoms with Crippen molar-refractivity contribution in [2.24, 2.45) is 5.10 Å². The minimum atomic E-state index is -0.268. The van der Waals surface area contributed by atoms with Crippen LogP contribution in [0.3, 0.4) is 0 Å². The van der Waals surface area contributed by atoms with Crippen LogP contribution in [0, 0.1) is 0 Å². The van der Waals surface area contributed by atoms with Crippen LogP contribution in [0.5, 0.6) is 0 Å². The molecular weight excluding hydrogens is 430 g/mol. The molecule has 1 N–H and O–H groups in total. The van der Waals surface area contributed by atoms with Crippen LogP contribution in [0.15, 0.2) is 56.5 Å². The highest BCUT2D eigenvalue weighted by molar-refractivity contribution is 8.01. The molecule has 0 radical (unpaired) electrons. The number of hydrogen-bond donors (Lipinski definition) is 1. The monoisotopic (exact) mass is 447 g/mol. The minimum Gasteiger partial charge on any atom is -0.467 e. The number of carbonyl (C=O) groups excluding carboxylic acids is 1. The molecule has 7 nitrogen and oxygen atoms in total. The molecule has 3 aromatic rings. The van der Waals surface area contributed by atoms with Gasteiger partial charge in [0.2, 0.25) is 5.13 Å². The lowest BCUT2D eigenvalue weighted by Crippen LogP contribution is -2.28. The fourth-order valence-electron chi connectivity index (χ4n) is 2.94. The fraction of sp³-hybridized carbons (Fsp3) is 0.263. The van der Waals surface area contributed by atoms with Crippen molar-refractivity contribution in [2.45, 2.75) is 23.7 Å². The molecule has 0 fully saturated rings. The molecule has 1 unspecified atom stereocenters. The highest BCUT2D eigenvalue weighted by Crippen LogP contribution is 2.34. The van der Waals surface area contributed by atoms with Gasteiger partial charge in [-0.05, 0) is 36.8 Å². The SMILES string of the molecule is CCNc1nnc(SCC(=O)N2N=C(c3ccc(Cl)cc3)CC2c2ccco2)s1. The smallest absolute Gasteiger partial charge is 0.253 e. The lowest BCUT2D eigenvalue weighted by Gasteiger charge is -2.19. The molecule has 0 spiro atoms. The van der Waals surface area contributed by atoms with Gasteiger partial charge in [-0.3, -0.25) is 4.79 Å². The molecule has 3 heterocycles. The maximum Gasteiger partial charge on any atom is 0.253 e. The van der Waals surface area contributed by atoms with Gasteiger partial charge in [0.05, 0.1) is 17.7 Å². The molecule has 29 heavy (non-hydrogen) atoms. The van der Waals surface area contributed by atoms with Crippen molar-refractivity contribution in [3.8, 4) is 0 Å². The average Bonchev–Trinajstić information content (AvgIpc) is 3.47. The van der Waals surface area contributed by atoms with Crippen molar-refractivity contribution < 1.29 is 9.21 Å². The van der Waals surface area contributed by atoms with Crippen LogP contribution in [0.25, 0.3) is 0 Å². The standard InChI is InChI=1S/C19H18ClN5O2S2/c1-2-21-18-22-23-19(29-18)28-11-17(26)25-15(16-4-3-9-27-16)10-14(24-25)12-5-7-13(20)8-6-12/h3-9,15H,2,10-11H2,1H3,(H,21,22). The Labute approximate surface area is 181 Å². The van der Waals surface area contributed by atoms with Gasteiger partial charge in [-0.1, -0.05) is 46.8 Å². The van der Waals surface area contributed by atoms with Crippen molar-refractivity contribution in [3.05, 3.63) is 59.0 Å². The van der Waals surface area contributed by atoms with Gasteiger partial charge in [-0.25, -0.2) is 5.01 Å². The summed E-state index contributed by atoms with van der Waals surface area (Å²) < 4.78 is 6.31. The zero-order valence-corrected chi connectivity index (χ0v) is 17.9. The van der Waals surface area contributed by atoms with Gasteiger partial charge in [0.25, 0.3) is 5.91 Å². The van der Waals surface area contributed by atoms with Crippen LogP contribution < -0.4 is 5.32 Å². The highest BCUT2D eigenvalue weighted by Gasteiger charge is 2.34. The molecule has 2 aromatic heterocycles. The third kappa shape index (κ3) is 4.63. The van der Waals surface area contributed by atoms with Gasteiger partial charge in [0.1, 0.15) is 11.8 Å². The Balaban J connectivity index is 1.50. The summed E-state index contributed by atoms with van der Waals surface area (Å²) in [5, 5.41) is 18.8. The number of hydrazone groups is 1. The third-order valence-electron chi connectivity index (χ3n) is 4.27. The Bertz CT molecular complexity index is 1000. The van der Waals surface area contributed by atoms with Crippen molar-refractivity contribution in [2.75, 3.05) is 17.6 Å². The quantitative estimate of drug-likeness (QED) is 0.529. The van der Waals surface area contributed by atoms with Crippen molar-refractivity contribution >= 4 is 51.5 Å². The molecule has 4 rings (SSSR count). The number of halogens is 1. The van der Waals surface area contributed by atoms with E-state index in [4.69, 9.17) is 16.0 Å². The zero-order chi connectivity index (χ0) is 20.2. The van der Waals surface area contributed by atoms with E-state index in [1.54, 1.807) is 6.26 Å². The van der Waals surface area contributed by atoms with Crippen molar-refractivity contribution in [1.29, 1.82) is 0 Å². The molecule has 1 atom stereocenters. The molecule has 10 heteroatoms. The Morgan fingerprint density at radius 1 is 1.34 bits per heavy atom. The van der Waals surface area contributed by atoms with Gasteiger partial charge in [0, 0.05) is 18.0 Å². The molecule has 0 bridgehead atoms. The van der Waals surface area contributed by atoms with Gasteiger partial charge in [0.15, 0.2) is 4.34 Å². The molecule has 1 aromatic carbocycles. The maximum atomic E-state index is 13.0. The second-order valence-electron chi connectivity index (χ2n) is 6.22. The van der Waals surface area contributed by atoms with Crippen LogP contribution in [0.4, 0.5) is 5.13 Å². The van der Waals surface area contributed by atoms with Gasteiger partial charge in [-0.2, -0.15) is 5.10 Å². The number of aromatic nitrogens is 2. The van der Waals surface area contributed by atoms with E-state index in [0.29, 0.717) is 17.2 Å². The third-order valence-corrected chi connectivity index (χ3v) is 6.52. The summed E-state index contributed by atoms with van der Waals surface area (Å²) in [6.07, 6.45) is 2.19. The van der Waals surface area contributed by atoms with Crippen molar-refractivity contribution in [1.82, 2.24) is 15.2 Å². The van der Waals surface area contributed by atoms with E-state index in [9.17, 15) is 4.79 Å². The first-order chi connectivity index (χ1) is 14.1. The van der Waals surface area contributed by atoms with Crippen molar-refractivity contribution in [3.63, 3.8) is 0 Å². The summed E-state index contributed by atoms with van der Waals surface area (Å²) in [5.74, 6) is 0.817. The number of anilines is 1. The van der Waals surface area contributed by atoms with Crippen LogP contribution in [0.2, 0.25) is 5.02 Å². The van der Waals surface area contributed by atoms with E-state index in [1.807, 2.05) is 43.3 Å². The lowest BCUT2D eigenvalue weighted by molar-refractivity contribution is -0.130. The van der Waals surface area contributed by atoms with E-state index < -0.39 is 0 Å². The summed E-state index contributed by atoms with van der Waals surface area (Å²) >= 11 is 8.78. The number of rotatable bonds is 7. The number of furan rings is 1. The first-order valence-corrected chi connectivity index (χ1v) is 11.2. The van der Waals surface area contributed by atoms with Crippen LogP contribution in [0.1, 0.15) is 30.7 Å². The molecule has 1 aliphatic rings. The fourth-order valence-corrected chi connectivity index (χ4v) is 4.74. The van der Waals surface area contributed by atoms with Crippen LogP contribution in [-0.2, 0) is 4.79 Å². The Kier molecular flexibility index (Phi) is 6.17. The number of carbonyl (C=O) groups is 1. The van der Waals surface area contributed by atoms with Gasteiger partial charge >= 0.3 is 0 Å². The van der Waals surface area contributed by atoms with E-state index in [2.05, 4.69) is 20.6 Å². The lowest BCUT2D eigenvalue weighted by atomic mass is 10.0. The predicted octanol–water partition coefficient (Wildman–Crippen LogP) is 4.69. The highest BCUT2D eigenvalue weighted by atomic mass is 35.5. The van der Waals surface area contributed by atoms with Crippen LogP contribution in [-0.4, -0.2) is 39.1 Å².